The van der Waals surface area contributed by atoms with Gasteiger partial charge < -0.3 is 4.74 Å². The minimum atomic E-state index is -0.390. The fraction of sp³-hybridized carbons (Fsp3) is 0.0769. The number of carbonyl (C=O) groups excluding carboxylic acids is 1. The smallest absolute Gasteiger partial charge is 0.337 e. The fourth-order valence-corrected chi connectivity index (χ4v) is 1.70. The molecular weight excluding hydrogens is 238 g/mol. The summed E-state index contributed by atoms with van der Waals surface area (Å²) in [6.07, 6.45) is 1.68. The van der Waals surface area contributed by atoms with Gasteiger partial charge >= 0.3 is 5.97 Å². The molecule has 0 atom stereocenters. The number of ether oxygens (including phenoxy) is 1. The van der Waals surface area contributed by atoms with Crippen LogP contribution in [0.4, 0.5) is 0 Å². The van der Waals surface area contributed by atoms with Crippen molar-refractivity contribution in [3.63, 3.8) is 0 Å². The van der Waals surface area contributed by atoms with E-state index in [2.05, 4.69) is 9.72 Å². The molecule has 0 fully saturated rings. The van der Waals surface area contributed by atoms with Crippen LogP contribution in [0.15, 0.2) is 42.6 Å². The molecule has 0 aliphatic carbocycles. The number of hydrogen-bond donors (Lipinski definition) is 0. The van der Waals surface area contributed by atoms with Gasteiger partial charge in [-0.3, -0.25) is 4.98 Å². The molecule has 2 rings (SSSR count). The van der Waals surface area contributed by atoms with Crippen molar-refractivity contribution in [1.82, 2.24) is 4.98 Å². The Kier molecular flexibility index (Phi) is 3.40. The van der Waals surface area contributed by atoms with E-state index in [0.29, 0.717) is 10.6 Å². The summed E-state index contributed by atoms with van der Waals surface area (Å²) in [5.74, 6) is -0.390. The Labute approximate surface area is 104 Å². The van der Waals surface area contributed by atoms with Gasteiger partial charge in [-0.25, -0.2) is 4.79 Å². The van der Waals surface area contributed by atoms with Gasteiger partial charge in [0.2, 0.25) is 0 Å². The van der Waals surface area contributed by atoms with Crippen LogP contribution in [0.1, 0.15) is 10.4 Å². The monoisotopic (exact) mass is 247 g/mol. The summed E-state index contributed by atoms with van der Waals surface area (Å²) < 4.78 is 4.66. The van der Waals surface area contributed by atoms with Crippen LogP contribution in [0.2, 0.25) is 5.02 Å². The maximum absolute atomic E-state index is 11.4. The first-order valence-corrected chi connectivity index (χ1v) is 5.39. The number of aromatic nitrogens is 1. The molecule has 0 saturated carbocycles. The maximum Gasteiger partial charge on any atom is 0.337 e. The second kappa shape index (κ2) is 4.97. The summed E-state index contributed by atoms with van der Waals surface area (Å²) in [4.78, 5) is 15.6. The Balaban J connectivity index is 2.50. The lowest BCUT2D eigenvalue weighted by Crippen LogP contribution is -2.01. The Hall–Kier alpha value is -1.87. The average Bonchev–Trinajstić information content (AvgIpc) is 2.39. The highest BCUT2D eigenvalue weighted by molar-refractivity contribution is 6.33. The Morgan fingerprint density at radius 3 is 2.76 bits per heavy atom. The molecule has 0 aliphatic rings. The van der Waals surface area contributed by atoms with Crippen molar-refractivity contribution in [3.05, 3.63) is 53.2 Å². The third-order valence-electron chi connectivity index (χ3n) is 2.33. The predicted octanol–water partition coefficient (Wildman–Crippen LogP) is 3.19. The molecule has 0 spiro atoms. The van der Waals surface area contributed by atoms with Crippen molar-refractivity contribution in [3.8, 4) is 11.3 Å². The highest BCUT2D eigenvalue weighted by Gasteiger charge is 2.10. The van der Waals surface area contributed by atoms with Crippen LogP contribution in [-0.4, -0.2) is 18.1 Å². The highest BCUT2D eigenvalue weighted by atomic mass is 35.5. The van der Waals surface area contributed by atoms with E-state index in [1.807, 2.05) is 18.2 Å². The van der Waals surface area contributed by atoms with Gasteiger partial charge in [0, 0.05) is 11.8 Å². The Morgan fingerprint density at radius 1 is 1.29 bits per heavy atom. The number of halogens is 1. The lowest BCUT2D eigenvalue weighted by atomic mass is 10.1. The molecule has 2 aromatic rings. The first-order valence-electron chi connectivity index (χ1n) is 5.01. The predicted molar refractivity (Wildman–Crippen MR) is 66.0 cm³/mol. The Bertz CT molecular complexity index is 540. The Morgan fingerprint density at radius 2 is 2.12 bits per heavy atom. The van der Waals surface area contributed by atoms with Gasteiger partial charge in [-0.05, 0) is 30.3 Å². The second-order valence-corrected chi connectivity index (χ2v) is 3.81. The summed E-state index contributed by atoms with van der Waals surface area (Å²) in [6.45, 7) is 0. The molecule has 0 N–H and O–H groups in total. The molecule has 0 amide bonds. The molecule has 0 aliphatic heterocycles. The molecule has 1 heterocycles. The third-order valence-corrected chi connectivity index (χ3v) is 2.66. The van der Waals surface area contributed by atoms with Crippen LogP contribution in [-0.2, 0) is 4.74 Å². The number of nitrogens with zero attached hydrogens (tertiary/aromatic N) is 1. The first kappa shape index (κ1) is 11.6. The average molecular weight is 248 g/mol. The lowest BCUT2D eigenvalue weighted by molar-refractivity contribution is 0.0601. The zero-order valence-corrected chi connectivity index (χ0v) is 9.94. The van der Waals surface area contributed by atoms with Crippen molar-refractivity contribution < 1.29 is 9.53 Å². The van der Waals surface area contributed by atoms with Gasteiger partial charge in [-0.1, -0.05) is 17.7 Å². The number of rotatable bonds is 2. The molecule has 0 bridgehead atoms. The minimum Gasteiger partial charge on any atom is -0.465 e. The summed E-state index contributed by atoms with van der Waals surface area (Å²) in [5, 5.41) is 0.552. The molecule has 1 aromatic heterocycles. The standard InChI is InChI=1S/C13H10ClNO2/c1-17-13(16)9-5-6-11(14)10(8-9)12-4-2-3-7-15-12/h2-8H,1H3. The summed E-state index contributed by atoms with van der Waals surface area (Å²) in [6, 6.07) is 10.5. The van der Waals surface area contributed by atoms with Gasteiger partial charge in [0.25, 0.3) is 0 Å². The molecule has 86 valence electrons. The molecule has 0 unspecified atom stereocenters. The fourth-order valence-electron chi connectivity index (χ4n) is 1.49. The summed E-state index contributed by atoms with van der Waals surface area (Å²) in [7, 11) is 1.34. The number of carbonyl (C=O) groups is 1. The van der Waals surface area contributed by atoms with Crippen molar-refractivity contribution in [2.75, 3.05) is 7.11 Å². The van der Waals surface area contributed by atoms with Crippen molar-refractivity contribution in [2.24, 2.45) is 0 Å². The summed E-state index contributed by atoms with van der Waals surface area (Å²) >= 11 is 6.09. The van der Waals surface area contributed by atoms with E-state index in [1.54, 1.807) is 24.4 Å². The van der Waals surface area contributed by atoms with Gasteiger partial charge in [-0.15, -0.1) is 0 Å². The van der Waals surface area contributed by atoms with Gasteiger partial charge in [0.05, 0.1) is 23.4 Å². The number of hydrogen-bond acceptors (Lipinski definition) is 3. The zero-order chi connectivity index (χ0) is 12.3. The van der Waals surface area contributed by atoms with E-state index in [-0.39, 0.29) is 5.97 Å². The second-order valence-electron chi connectivity index (χ2n) is 3.40. The van der Waals surface area contributed by atoms with E-state index >= 15 is 0 Å². The lowest BCUT2D eigenvalue weighted by Gasteiger charge is -2.05. The van der Waals surface area contributed by atoms with Crippen molar-refractivity contribution >= 4 is 17.6 Å². The van der Waals surface area contributed by atoms with Crippen LogP contribution in [0.5, 0.6) is 0 Å². The van der Waals surface area contributed by atoms with Crippen molar-refractivity contribution in [1.29, 1.82) is 0 Å². The first-order chi connectivity index (χ1) is 8.22. The number of esters is 1. The minimum absolute atomic E-state index is 0.390. The van der Waals surface area contributed by atoms with E-state index < -0.39 is 0 Å². The normalized spacial score (nSPS) is 10.0. The van der Waals surface area contributed by atoms with Gasteiger partial charge in [0.1, 0.15) is 0 Å². The molecule has 4 heteroatoms. The van der Waals surface area contributed by atoms with E-state index in [1.165, 1.54) is 7.11 Å². The van der Waals surface area contributed by atoms with Crippen molar-refractivity contribution in [2.45, 2.75) is 0 Å². The molecule has 0 radical (unpaired) electrons. The summed E-state index contributed by atoms with van der Waals surface area (Å²) in [5.41, 5.74) is 1.90. The van der Waals surface area contributed by atoms with Crippen LogP contribution in [0, 0.1) is 0 Å². The largest absolute Gasteiger partial charge is 0.465 e. The highest BCUT2D eigenvalue weighted by Crippen LogP contribution is 2.27. The van der Waals surface area contributed by atoms with Crippen LogP contribution >= 0.6 is 11.6 Å². The van der Waals surface area contributed by atoms with Crippen LogP contribution < -0.4 is 0 Å². The van der Waals surface area contributed by atoms with Crippen LogP contribution in [0.3, 0.4) is 0 Å². The molecular formula is C13H10ClNO2. The molecule has 3 nitrogen and oxygen atoms in total. The molecule has 1 aromatic carbocycles. The van der Waals surface area contributed by atoms with E-state index in [4.69, 9.17) is 11.6 Å². The topological polar surface area (TPSA) is 39.2 Å². The molecule has 0 saturated heterocycles. The quantitative estimate of drug-likeness (QED) is 0.765. The SMILES string of the molecule is COC(=O)c1ccc(Cl)c(-c2ccccn2)c1. The van der Waals surface area contributed by atoms with Gasteiger partial charge in [0.15, 0.2) is 0 Å². The van der Waals surface area contributed by atoms with E-state index in [0.717, 1.165) is 11.3 Å². The van der Waals surface area contributed by atoms with E-state index in [9.17, 15) is 4.79 Å². The van der Waals surface area contributed by atoms with Crippen LogP contribution in [0.25, 0.3) is 11.3 Å². The number of methoxy groups -OCH3 is 1. The molecule has 17 heavy (non-hydrogen) atoms. The number of benzene rings is 1. The zero-order valence-electron chi connectivity index (χ0n) is 9.18. The maximum atomic E-state index is 11.4. The number of pyridine rings is 1. The van der Waals surface area contributed by atoms with Gasteiger partial charge in [-0.2, -0.15) is 0 Å². The third kappa shape index (κ3) is 2.45.